The molecule has 0 saturated carbocycles. The average Bonchev–Trinajstić information content (AvgIpc) is 3.79. The van der Waals surface area contributed by atoms with Crippen LogP contribution in [0.1, 0.15) is 136 Å². The largest absolute Gasteiger partial charge is 0.481 e. The summed E-state index contributed by atoms with van der Waals surface area (Å²) >= 11 is 0. The average molecular weight is 988 g/mol. The number of hydrogen-bond acceptors (Lipinski definition) is 17. The Bertz CT molecular complexity index is 1950. The molecule has 10 N–H and O–H groups in total. The number of unbranched alkanes of at least 4 members (excludes halogenated alkanes) is 12. The van der Waals surface area contributed by atoms with Gasteiger partial charge in [0.2, 0.25) is 11.8 Å². The van der Waals surface area contributed by atoms with E-state index in [1.165, 1.54) is 78.1 Å². The van der Waals surface area contributed by atoms with Crippen LogP contribution in [0.4, 0.5) is 5.82 Å². The Kier molecular flexibility index (Phi) is 23.7. The molecule has 0 radical (unpaired) electrons. The van der Waals surface area contributed by atoms with Gasteiger partial charge in [0.25, 0.3) is 0 Å². The van der Waals surface area contributed by atoms with Gasteiger partial charge in [-0.1, -0.05) is 97.8 Å². The number of aromatic nitrogens is 4. The maximum atomic E-state index is 12.7. The number of ether oxygens (including phenoxy) is 1. The number of aliphatic hydroxyl groups excluding tert-OH is 2. The van der Waals surface area contributed by atoms with Crippen LogP contribution >= 0.6 is 23.5 Å². The Hall–Kier alpha value is -2.79. The fraction of sp³-hybridized carbons (Fsp3) is 0.789. The zero-order chi connectivity index (χ0) is 48.3. The lowest BCUT2D eigenvalue weighted by Gasteiger charge is -2.30. The van der Waals surface area contributed by atoms with Gasteiger partial charge in [-0.3, -0.25) is 32.5 Å². The Balaban J connectivity index is 1.32. The standard InChI is InChI=1S/C38H68N7O17P3/c1-4-5-6-7-8-9-10-11-12-13-14-15-16-18-27(46)19-17-21-40-29(47)20-22-41-36(50)33(49)38(2,3)24-59-65(56,57)62-64(54,55)58-23-28-32(61-63(51,52)53)31(48)37(60-28)45-26-44-30-34(39)42-25-43-35(30)45/h25-26,28,31-33,37,48-49H,4-24H2,1-3H3,(H,40,47)(H,41,50)(H,54,55)(H,56,57)(H2,39,42,43)(H2,51,52,53)/t28-,31-,32-,33+,37-/m1/s1. The van der Waals surface area contributed by atoms with Crippen LogP contribution in [0.2, 0.25) is 0 Å². The van der Waals surface area contributed by atoms with Crippen molar-refractivity contribution in [1.82, 2.24) is 30.2 Å². The molecule has 3 rings (SSSR count). The number of fused-ring (bicyclic) bond motifs is 1. The lowest BCUT2D eigenvalue weighted by molar-refractivity contribution is -0.137. The first-order valence-corrected chi connectivity index (χ1v) is 26.5. The number of Topliss-reactive ketones (excluding diaryl/α,β-unsaturated/α-hetero) is 1. The highest BCUT2D eigenvalue weighted by Gasteiger charge is 2.50. The van der Waals surface area contributed by atoms with E-state index in [4.69, 9.17) is 19.5 Å². The first-order chi connectivity index (χ1) is 30.6. The summed E-state index contributed by atoms with van der Waals surface area (Å²) in [6.45, 7) is 2.86. The number of nitrogen functional groups attached to an aromatic ring is 1. The molecule has 1 fully saturated rings. The number of phosphoric acid groups is 3. The predicted molar refractivity (Wildman–Crippen MR) is 234 cm³/mol. The molecule has 0 bridgehead atoms. The smallest absolute Gasteiger partial charge is 0.386 e. The number of rotatable bonds is 34. The fourth-order valence-corrected chi connectivity index (χ4v) is 9.75. The number of hydrogen-bond donors (Lipinski definition) is 9. The van der Waals surface area contributed by atoms with E-state index in [1.807, 2.05) is 0 Å². The second-order valence-corrected chi connectivity index (χ2v) is 20.9. The first-order valence-electron chi connectivity index (χ1n) is 22.0. The van der Waals surface area contributed by atoms with Crippen LogP contribution in [0.15, 0.2) is 12.7 Å². The van der Waals surface area contributed by atoms with E-state index in [1.54, 1.807) is 0 Å². The maximum Gasteiger partial charge on any atom is 0.481 e. The molecule has 65 heavy (non-hydrogen) atoms. The third kappa shape index (κ3) is 20.5. The van der Waals surface area contributed by atoms with E-state index in [0.717, 1.165) is 36.5 Å². The maximum absolute atomic E-state index is 12.7. The van der Waals surface area contributed by atoms with Crippen LogP contribution in [0.3, 0.4) is 0 Å². The van der Waals surface area contributed by atoms with Crippen LogP contribution in [-0.2, 0) is 50.7 Å². The van der Waals surface area contributed by atoms with Crippen molar-refractivity contribution in [2.24, 2.45) is 5.41 Å². The Morgan fingerprint density at radius 3 is 2.03 bits per heavy atom. The third-order valence-electron chi connectivity index (χ3n) is 10.6. The molecule has 2 aromatic heterocycles. The van der Waals surface area contributed by atoms with Crippen molar-refractivity contribution in [3.05, 3.63) is 12.7 Å². The highest BCUT2D eigenvalue weighted by molar-refractivity contribution is 7.61. The molecule has 2 aromatic rings. The fourth-order valence-electron chi connectivity index (χ4n) is 6.92. The van der Waals surface area contributed by atoms with Crippen molar-refractivity contribution in [3.63, 3.8) is 0 Å². The number of phosphoric ester groups is 3. The number of nitrogens with two attached hydrogens (primary N) is 1. The van der Waals surface area contributed by atoms with Crippen molar-refractivity contribution in [3.8, 4) is 0 Å². The van der Waals surface area contributed by atoms with Crippen molar-refractivity contribution in [2.75, 3.05) is 32.0 Å². The van der Waals surface area contributed by atoms with E-state index in [9.17, 15) is 57.9 Å². The van der Waals surface area contributed by atoms with Gasteiger partial charge in [-0.25, -0.2) is 28.6 Å². The van der Waals surface area contributed by atoms with E-state index in [-0.39, 0.29) is 42.3 Å². The Morgan fingerprint density at radius 2 is 1.42 bits per heavy atom. The molecule has 1 aliphatic rings. The molecule has 24 nitrogen and oxygen atoms in total. The molecule has 27 heteroatoms. The van der Waals surface area contributed by atoms with Crippen molar-refractivity contribution in [2.45, 2.75) is 161 Å². The number of nitrogens with zero attached hydrogens (tertiary/aromatic N) is 4. The third-order valence-corrected chi connectivity index (χ3v) is 13.7. The van der Waals surface area contributed by atoms with Crippen LogP contribution < -0.4 is 16.4 Å². The summed E-state index contributed by atoms with van der Waals surface area (Å²) in [6.07, 6.45) is 10.5. The topological polar surface area (TPSA) is 364 Å². The Labute approximate surface area is 378 Å². The van der Waals surface area contributed by atoms with Crippen LogP contribution in [0.25, 0.3) is 11.2 Å². The van der Waals surface area contributed by atoms with Gasteiger partial charge in [-0.05, 0) is 12.8 Å². The summed E-state index contributed by atoms with van der Waals surface area (Å²) < 4.78 is 62.4. The molecule has 1 saturated heterocycles. The number of carbonyl (C=O) groups excluding carboxylic acids is 3. The van der Waals surface area contributed by atoms with Crippen molar-refractivity contribution >= 4 is 58.0 Å². The molecular weight excluding hydrogens is 919 g/mol. The van der Waals surface area contributed by atoms with Crippen LogP contribution in [-0.4, -0.2) is 118 Å². The summed E-state index contributed by atoms with van der Waals surface area (Å²) in [7, 11) is -16.4. The molecular formula is C38H68N7O17P3. The van der Waals surface area contributed by atoms with Gasteiger partial charge in [-0.2, -0.15) is 4.31 Å². The SMILES string of the molecule is CCCCCCCCCCCCCCCC(=O)CCCNC(=O)CCNC(=O)[C@H](O)C(C)(C)COP(=O)(O)OP(=O)(O)OC[C@H]1O[C@@H](n2cnc3c(N)ncnc32)[C@H](O)[C@@H]1OP(=O)(O)O. The molecule has 0 aromatic carbocycles. The molecule has 0 spiro atoms. The van der Waals surface area contributed by atoms with Gasteiger partial charge < -0.3 is 50.9 Å². The number of ketones is 1. The van der Waals surface area contributed by atoms with Gasteiger partial charge in [0.15, 0.2) is 17.7 Å². The normalized spacial score (nSPS) is 20.3. The van der Waals surface area contributed by atoms with Gasteiger partial charge in [0.05, 0.1) is 19.5 Å². The number of nitrogens with one attached hydrogen (secondary N) is 2. The van der Waals surface area contributed by atoms with E-state index in [2.05, 4.69) is 41.3 Å². The van der Waals surface area contributed by atoms with E-state index < -0.39 is 84.6 Å². The monoisotopic (exact) mass is 987 g/mol. The molecule has 0 aliphatic carbocycles. The van der Waals surface area contributed by atoms with Gasteiger partial charge in [0.1, 0.15) is 42.0 Å². The number of anilines is 1. The van der Waals surface area contributed by atoms with Crippen molar-refractivity contribution < 1.29 is 80.5 Å². The van der Waals surface area contributed by atoms with Gasteiger partial charge in [0, 0.05) is 37.8 Å². The zero-order valence-electron chi connectivity index (χ0n) is 37.3. The first kappa shape index (κ1) is 56.5. The number of amides is 2. The predicted octanol–water partition coefficient (Wildman–Crippen LogP) is 4.24. The van der Waals surface area contributed by atoms with Gasteiger partial charge in [-0.15, -0.1) is 0 Å². The summed E-state index contributed by atoms with van der Waals surface area (Å²) in [6, 6.07) is 0. The molecule has 1 aliphatic heterocycles. The molecule has 372 valence electrons. The number of carbonyl (C=O) groups is 3. The van der Waals surface area contributed by atoms with Gasteiger partial charge >= 0.3 is 23.5 Å². The molecule has 2 amide bonds. The molecule has 2 unspecified atom stereocenters. The minimum atomic E-state index is -5.57. The Morgan fingerprint density at radius 1 is 0.831 bits per heavy atom. The molecule has 7 atom stereocenters. The summed E-state index contributed by atoms with van der Waals surface area (Å²) in [4.78, 5) is 88.3. The summed E-state index contributed by atoms with van der Waals surface area (Å²) in [5, 5.41) is 26.6. The second-order valence-electron chi connectivity index (χ2n) is 16.7. The van der Waals surface area contributed by atoms with Crippen LogP contribution in [0, 0.1) is 5.41 Å². The second kappa shape index (κ2) is 27.3. The summed E-state index contributed by atoms with van der Waals surface area (Å²) in [5.41, 5.74) is 4.29. The number of aliphatic hydroxyl groups is 2. The molecule has 3 heterocycles. The highest BCUT2D eigenvalue weighted by Crippen LogP contribution is 2.61. The summed E-state index contributed by atoms with van der Waals surface area (Å²) in [5.74, 6) is -1.24. The number of imidazole rings is 1. The quantitative estimate of drug-likeness (QED) is 0.0350. The van der Waals surface area contributed by atoms with Crippen molar-refractivity contribution in [1.29, 1.82) is 0 Å². The van der Waals surface area contributed by atoms with E-state index in [0.29, 0.717) is 19.3 Å². The zero-order valence-corrected chi connectivity index (χ0v) is 40.0. The minimum Gasteiger partial charge on any atom is -0.386 e. The lowest BCUT2D eigenvalue weighted by atomic mass is 9.87. The van der Waals surface area contributed by atoms with Crippen LogP contribution in [0.5, 0.6) is 0 Å². The lowest BCUT2D eigenvalue weighted by Crippen LogP contribution is -2.46. The minimum absolute atomic E-state index is 0.0344. The van der Waals surface area contributed by atoms with E-state index >= 15 is 0 Å². The highest BCUT2D eigenvalue weighted by atomic mass is 31.3.